The highest BCUT2D eigenvalue weighted by atomic mass is 16.7. The number of anilines is 1. The van der Waals surface area contributed by atoms with E-state index in [0.717, 1.165) is 42.0 Å². The van der Waals surface area contributed by atoms with E-state index >= 15 is 0 Å². The van der Waals surface area contributed by atoms with E-state index in [9.17, 15) is 0 Å². The number of para-hydroxylation sites is 1. The number of hydrogen-bond donors (Lipinski definition) is 0. The van der Waals surface area contributed by atoms with Gasteiger partial charge in [0.15, 0.2) is 0 Å². The monoisotopic (exact) mass is 437 g/mol. The third-order valence-electron chi connectivity index (χ3n) is 6.50. The van der Waals surface area contributed by atoms with Crippen LogP contribution in [0.25, 0.3) is 0 Å². The first-order valence-corrected chi connectivity index (χ1v) is 11.9. The van der Waals surface area contributed by atoms with Gasteiger partial charge in [-0.3, -0.25) is 4.84 Å². The number of hydroxylamine groups is 1. The van der Waals surface area contributed by atoms with Gasteiger partial charge in [-0.1, -0.05) is 91.7 Å². The van der Waals surface area contributed by atoms with Gasteiger partial charge in [-0.2, -0.15) is 0 Å². The highest BCUT2D eigenvalue weighted by molar-refractivity contribution is 5.56. The molecule has 0 N–H and O–H groups in total. The molecule has 0 radical (unpaired) electrons. The van der Waals surface area contributed by atoms with E-state index in [4.69, 9.17) is 9.25 Å². The summed E-state index contributed by atoms with van der Waals surface area (Å²) in [6, 6.07) is 29.6. The minimum Gasteiger partial charge on any atom is -0.466 e. The summed E-state index contributed by atoms with van der Waals surface area (Å²) in [4.78, 5) is 6.86. The Morgan fingerprint density at radius 1 is 0.758 bits per heavy atom. The van der Waals surface area contributed by atoms with Gasteiger partial charge in [0.2, 0.25) is 0 Å². The zero-order chi connectivity index (χ0) is 22.8. The smallest absolute Gasteiger partial charge is 0.139 e. The van der Waals surface area contributed by atoms with Crippen molar-refractivity contribution >= 4 is 5.69 Å². The molecule has 2 heterocycles. The predicted molar refractivity (Wildman–Crippen MR) is 133 cm³/mol. The largest absolute Gasteiger partial charge is 0.466 e. The Hall–Kier alpha value is -3.30. The Labute approximate surface area is 196 Å². The van der Waals surface area contributed by atoms with Crippen LogP contribution >= 0.6 is 0 Å². The lowest BCUT2D eigenvalue weighted by Gasteiger charge is -2.41. The lowest BCUT2D eigenvalue weighted by atomic mass is 9.87. The molecule has 2 atom stereocenters. The quantitative estimate of drug-likeness (QED) is 0.307. The summed E-state index contributed by atoms with van der Waals surface area (Å²) < 4.78 is 6.47. The standard InChI is InChI=1S/C30H31NO2/c1-4-5-16-26-28-27(22(3)32-26)30(24-19-17-21(2)18-20-24)33-31(25-14-10-7-11-15-25)29(28)23-12-8-6-9-13-23/h6-15,17-20,29-30H,4-5,16H2,1-3H3/t29-,30+/m1/s1. The van der Waals surface area contributed by atoms with Gasteiger partial charge < -0.3 is 4.42 Å². The minimum absolute atomic E-state index is 0.0744. The van der Waals surface area contributed by atoms with Crippen molar-refractivity contribution in [3.05, 3.63) is 124 Å². The molecule has 5 rings (SSSR count). The Balaban J connectivity index is 1.74. The van der Waals surface area contributed by atoms with Crippen molar-refractivity contribution in [2.45, 2.75) is 52.2 Å². The van der Waals surface area contributed by atoms with Crippen LogP contribution in [0.3, 0.4) is 0 Å². The zero-order valence-electron chi connectivity index (χ0n) is 19.6. The van der Waals surface area contributed by atoms with E-state index in [-0.39, 0.29) is 12.1 Å². The van der Waals surface area contributed by atoms with Gasteiger partial charge in [0.1, 0.15) is 23.7 Å². The van der Waals surface area contributed by atoms with Crippen LogP contribution in [0.5, 0.6) is 0 Å². The molecule has 4 aromatic rings. The van der Waals surface area contributed by atoms with E-state index in [1.54, 1.807) is 0 Å². The summed E-state index contributed by atoms with van der Waals surface area (Å²) >= 11 is 0. The Kier molecular flexibility index (Phi) is 6.06. The molecule has 168 valence electrons. The first kappa shape index (κ1) is 21.5. The predicted octanol–water partition coefficient (Wildman–Crippen LogP) is 7.87. The molecule has 33 heavy (non-hydrogen) atoms. The van der Waals surface area contributed by atoms with Gasteiger partial charge in [-0.05, 0) is 43.5 Å². The molecule has 0 saturated heterocycles. The summed E-state index contributed by atoms with van der Waals surface area (Å²) in [5, 5.41) is 2.09. The molecular weight excluding hydrogens is 406 g/mol. The molecule has 3 aromatic carbocycles. The van der Waals surface area contributed by atoms with Crippen LogP contribution in [0.2, 0.25) is 0 Å². The molecular formula is C30H31NO2. The number of hydrogen-bond acceptors (Lipinski definition) is 3. The van der Waals surface area contributed by atoms with Crippen molar-refractivity contribution in [3.63, 3.8) is 0 Å². The third-order valence-corrected chi connectivity index (χ3v) is 6.50. The van der Waals surface area contributed by atoms with Crippen LogP contribution in [-0.4, -0.2) is 0 Å². The van der Waals surface area contributed by atoms with Crippen molar-refractivity contribution in [2.75, 3.05) is 5.06 Å². The molecule has 0 fully saturated rings. The first-order chi connectivity index (χ1) is 16.2. The van der Waals surface area contributed by atoms with Crippen LogP contribution < -0.4 is 5.06 Å². The fourth-order valence-electron chi connectivity index (χ4n) is 4.82. The zero-order valence-corrected chi connectivity index (χ0v) is 19.6. The van der Waals surface area contributed by atoms with E-state index in [1.165, 1.54) is 22.3 Å². The second kappa shape index (κ2) is 9.29. The van der Waals surface area contributed by atoms with Crippen molar-refractivity contribution < 1.29 is 9.25 Å². The molecule has 0 amide bonds. The number of benzene rings is 3. The number of unbranched alkanes of at least 4 members (excludes halogenated alkanes) is 1. The lowest BCUT2D eigenvalue weighted by Crippen LogP contribution is -2.37. The maximum atomic E-state index is 6.86. The normalized spacial score (nSPS) is 17.7. The van der Waals surface area contributed by atoms with Gasteiger partial charge in [0.05, 0.1) is 5.69 Å². The molecule has 0 spiro atoms. The highest BCUT2D eigenvalue weighted by Crippen LogP contribution is 2.49. The Morgan fingerprint density at radius 3 is 2.09 bits per heavy atom. The van der Waals surface area contributed by atoms with Crippen LogP contribution in [0, 0.1) is 13.8 Å². The SMILES string of the molecule is CCCCc1oc(C)c2c1[C@@H](c1ccccc1)N(c1ccccc1)O[C@H]2c1ccc(C)cc1. The summed E-state index contributed by atoms with van der Waals surface area (Å²) in [7, 11) is 0. The molecule has 1 aromatic heterocycles. The Morgan fingerprint density at radius 2 is 1.42 bits per heavy atom. The highest BCUT2D eigenvalue weighted by Gasteiger charge is 2.41. The van der Waals surface area contributed by atoms with Crippen LogP contribution in [-0.2, 0) is 11.3 Å². The number of aryl methyl sites for hydroxylation is 3. The molecule has 3 heteroatoms. The molecule has 0 aliphatic carbocycles. The number of furan rings is 1. The second-order valence-corrected chi connectivity index (χ2v) is 8.88. The minimum atomic E-state index is -0.222. The third kappa shape index (κ3) is 4.09. The molecule has 1 aliphatic heterocycles. The summed E-state index contributed by atoms with van der Waals surface area (Å²) in [6.07, 6.45) is 2.94. The van der Waals surface area contributed by atoms with Crippen molar-refractivity contribution in [3.8, 4) is 0 Å². The second-order valence-electron chi connectivity index (χ2n) is 8.88. The van der Waals surface area contributed by atoms with Crippen molar-refractivity contribution in [1.82, 2.24) is 0 Å². The fourth-order valence-corrected chi connectivity index (χ4v) is 4.82. The van der Waals surface area contributed by atoms with Gasteiger partial charge in [-0.25, -0.2) is 5.06 Å². The number of nitrogens with zero attached hydrogens (tertiary/aromatic N) is 1. The Bertz CT molecular complexity index is 1200. The molecule has 1 aliphatic rings. The molecule has 0 bridgehead atoms. The van der Waals surface area contributed by atoms with E-state index < -0.39 is 0 Å². The molecule has 0 unspecified atom stereocenters. The summed E-state index contributed by atoms with van der Waals surface area (Å²) in [5.41, 5.74) is 7.04. The molecule has 0 saturated carbocycles. The van der Waals surface area contributed by atoms with Crippen LogP contribution in [0.1, 0.15) is 71.2 Å². The average Bonchev–Trinajstić information content (AvgIpc) is 3.19. The van der Waals surface area contributed by atoms with Crippen LogP contribution in [0.4, 0.5) is 5.69 Å². The fraction of sp³-hybridized carbons (Fsp3) is 0.267. The van der Waals surface area contributed by atoms with Crippen molar-refractivity contribution in [1.29, 1.82) is 0 Å². The lowest BCUT2D eigenvalue weighted by molar-refractivity contribution is 0.0304. The van der Waals surface area contributed by atoms with Crippen molar-refractivity contribution in [2.24, 2.45) is 0 Å². The summed E-state index contributed by atoms with van der Waals surface area (Å²) in [5.74, 6) is 2.04. The van der Waals surface area contributed by atoms with Gasteiger partial charge >= 0.3 is 0 Å². The number of rotatable bonds is 6. The van der Waals surface area contributed by atoms with E-state index in [0.29, 0.717) is 0 Å². The van der Waals surface area contributed by atoms with Crippen LogP contribution in [0.15, 0.2) is 89.3 Å². The maximum absolute atomic E-state index is 6.86. The molecule has 3 nitrogen and oxygen atoms in total. The average molecular weight is 438 g/mol. The first-order valence-electron chi connectivity index (χ1n) is 11.9. The maximum Gasteiger partial charge on any atom is 0.139 e. The topological polar surface area (TPSA) is 25.6 Å². The van der Waals surface area contributed by atoms with Gasteiger partial charge in [-0.15, -0.1) is 0 Å². The van der Waals surface area contributed by atoms with E-state index in [2.05, 4.69) is 105 Å². The summed E-state index contributed by atoms with van der Waals surface area (Å²) in [6.45, 7) is 6.43. The van der Waals surface area contributed by atoms with Gasteiger partial charge in [0.25, 0.3) is 0 Å². The van der Waals surface area contributed by atoms with E-state index in [1.807, 2.05) is 6.07 Å². The number of fused-ring (bicyclic) bond motifs is 1. The van der Waals surface area contributed by atoms with Gasteiger partial charge in [0, 0.05) is 17.5 Å².